The molecule has 0 radical (unpaired) electrons. The Kier molecular flexibility index (Phi) is 5180. The van der Waals surface area contributed by atoms with Gasteiger partial charge in [0.05, 0.1) is 0 Å². The maximum absolute atomic E-state index is 2.12. The summed E-state index contributed by atoms with van der Waals surface area (Å²) in [5.41, 5.74) is 0. The van der Waals surface area contributed by atoms with E-state index in [4.69, 9.17) is 0 Å². The van der Waals surface area contributed by atoms with Gasteiger partial charge in [-0.1, -0.05) is 71.2 Å². The number of hydrogen-bond acceptors (Lipinski definition) is 0. The van der Waals surface area contributed by atoms with Crippen LogP contribution in [0.5, 0.6) is 0 Å². The van der Waals surface area contributed by atoms with E-state index in [1.165, 1.54) is 6.42 Å². The molecule has 0 aromatic carbocycles. The van der Waals surface area contributed by atoms with Crippen molar-refractivity contribution in [3.8, 4) is 0 Å². The van der Waals surface area contributed by atoms with Crippen LogP contribution < -0.4 is 0 Å². The lowest BCUT2D eigenvalue weighted by Gasteiger charge is -1.48. The van der Waals surface area contributed by atoms with E-state index in [2.05, 4.69) is 13.8 Å². The second-order valence-electron chi connectivity index (χ2n) is 0.707. The lowest BCUT2D eigenvalue weighted by atomic mass is 10.6. The fraction of sp³-hybridized carbons (Fsp3) is 1.00. The average Bonchev–Trinajstić information content (AvgIpc) is 1.46. The molecular weight excluding hydrogens is 120 g/mol. The molecule has 0 spiro atoms. The van der Waals surface area contributed by atoms with E-state index < -0.39 is 0 Å². The Morgan fingerprint density at radius 3 is 0.600 bits per heavy atom. The van der Waals surface area contributed by atoms with Crippen molar-refractivity contribution in [2.75, 3.05) is 0 Å². The summed E-state index contributed by atoms with van der Waals surface area (Å²) in [4.78, 5) is 0. The molecule has 10 heavy (non-hydrogen) atoms. The minimum atomic E-state index is 0. The smallest absolute Gasteiger partial charge is 0.0590 e. The van der Waals surface area contributed by atoms with Crippen molar-refractivity contribution < 1.29 is 0 Å². The summed E-state index contributed by atoms with van der Waals surface area (Å²) >= 11 is 0. The molecule has 0 bridgehead atoms. The van der Waals surface area contributed by atoms with Gasteiger partial charge in [0.25, 0.3) is 0 Å². The van der Waals surface area contributed by atoms with Crippen molar-refractivity contribution in [2.24, 2.45) is 0 Å². The molecule has 0 aliphatic rings. The molecule has 0 N–H and O–H groups in total. The van der Waals surface area contributed by atoms with Gasteiger partial charge in [-0.2, -0.15) is 0 Å². The molecule has 0 unspecified atom stereocenters. The predicted octanol–water partition coefficient (Wildman–Crippen LogP) is 5.62. The Morgan fingerprint density at radius 2 is 0.600 bits per heavy atom. The summed E-state index contributed by atoms with van der Waals surface area (Å²) < 4.78 is 0. The summed E-state index contributed by atoms with van der Waals surface area (Å²) in [5.74, 6) is 0. The van der Waals surface area contributed by atoms with E-state index in [0.717, 1.165) is 0 Å². The minimum Gasteiger partial charge on any atom is -0.0776 e. The summed E-state index contributed by atoms with van der Waals surface area (Å²) in [6, 6.07) is 0. The Balaban J connectivity index is -0.00000000246. The first-order valence-corrected chi connectivity index (χ1v) is 2.41. The molecule has 0 aromatic heterocycles. The Morgan fingerprint density at radius 1 is 0.600 bits per heavy atom. The summed E-state index contributed by atoms with van der Waals surface area (Å²) in [6.45, 7) is 8.25. The standard InChI is InChI=1S/C3H8.C2H6.5CH4/c1-3-2;1-2;;;;;/h3H2,1-2H3;1-2H3;5*1H4. The third-order valence-electron chi connectivity index (χ3n) is 0. The molecule has 0 aliphatic heterocycles. The van der Waals surface area contributed by atoms with Crippen LogP contribution in [0.3, 0.4) is 0 Å². The molecule has 0 amide bonds. The molecule has 0 saturated carbocycles. The lowest BCUT2D eigenvalue weighted by Crippen LogP contribution is -1.27. The highest BCUT2D eigenvalue weighted by Gasteiger charge is 1.35. The monoisotopic (exact) mass is 154 g/mol. The zero-order chi connectivity index (χ0) is 4.71. The maximum Gasteiger partial charge on any atom is -0.0590 e. The first-order chi connectivity index (χ1) is 2.41. The van der Waals surface area contributed by atoms with Crippen molar-refractivity contribution in [2.45, 2.75) is 71.2 Å². The van der Waals surface area contributed by atoms with E-state index in [1.54, 1.807) is 0 Å². The fourth-order valence-corrected chi connectivity index (χ4v) is 0. The highest BCUT2D eigenvalue weighted by molar-refractivity contribution is 3.92. The molecule has 0 nitrogen and oxygen atoms in total. The van der Waals surface area contributed by atoms with Crippen LogP contribution >= 0.6 is 0 Å². The number of rotatable bonds is 0. The second-order valence-corrected chi connectivity index (χ2v) is 0.707. The van der Waals surface area contributed by atoms with Crippen LogP contribution in [0.2, 0.25) is 0 Å². The second kappa shape index (κ2) is 576. The van der Waals surface area contributed by atoms with Gasteiger partial charge >= 0.3 is 0 Å². The van der Waals surface area contributed by atoms with Crippen LogP contribution in [-0.2, 0) is 0 Å². The van der Waals surface area contributed by atoms with Gasteiger partial charge in [0.2, 0.25) is 0 Å². The van der Waals surface area contributed by atoms with Gasteiger partial charge < -0.3 is 0 Å². The van der Waals surface area contributed by atoms with Gasteiger partial charge in [0, 0.05) is 0 Å². The Labute approximate surface area is 72.1 Å². The topological polar surface area (TPSA) is 0 Å². The zero-order valence-corrected chi connectivity index (χ0v) is 4.71. The largest absolute Gasteiger partial charge is 0.0776 e. The zero-order valence-electron chi connectivity index (χ0n) is 4.71. The van der Waals surface area contributed by atoms with Gasteiger partial charge in [0.15, 0.2) is 0 Å². The third kappa shape index (κ3) is 0. The lowest BCUT2D eigenvalue weighted by molar-refractivity contribution is 1.09. The summed E-state index contributed by atoms with van der Waals surface area (Å²) in [5, 5.41) is 0. The molecule has 0 fully saturated rings. The van der Waals surface area contributed by atoms with E-state index in [1.807, 2.05) is 13.8 Å². The third-order valence-corrected chi connectivity index (χ3v) is 0. The highest BCUT2D eigenvalue weighted by atomic mass is 13.4. The van der Waals surface area contributed by atoms with Crippen LogP contribution in [0.4, 0.5) is 0 Å². The predicted molar refractivity (Wildman–Crippen MR) is 61.0 cm³/mol. The fourth-order valence-electron chi connectivity index (χ4n) is 0. The van der Waals surface area contributed by atoms with Crippen molar-refractivity contribution >= 4 is 0 Å². The SMILES string of the molecule is C.C.C.C.C.CC.CCC. The molecule has 0 rings (SSSR count). The first kappa shape index (κ1) is 90.0. The molecule has 0 aliphatic carbocycles. The van der Waals surface area contributed by atoms with Crippen LogP contribution in [-0.4, -0.2) is 0 Å². The Hall–Kier alpha value is 0. The number of hydrogen-bond donors (Lipinski definition) is 0. The quantitative estimate of drug-likeness (QED) is 0.424. The van der Waals surface area contributed by atoms with Gasteiger partial charge in [-0.15, -0.1) is 0 Å². The first-order valence-electron chi connectivity index (χ1n) is 2.41. The minimum absolute atomic E-state index is 0. The maximum atomic E-state index is 2.12. The van der Waals surface area contributed by atoms with Crippen LogP contribution in [0.15, 0.2) is 0 Å². The normalized spacial score (nSPS) is 2.40. The molecule has 0 heteroatoms. The summed E-state index contributed by atoms with van der Waals surface area (Å²) in [7, 11) is 0. The van der Waals surface area contributed by atoms with Gasteiger partial charge in [0.1, 0.15) is 0 Å². The van der Waals surface area contributed by atoms with Crippen molar-refractivity contribution in [1.82, 2.24) is 0 Å². The van der Waals surface area contributed by atoms with E-state index >= 15 is 0 Å². The van der Waals surface area contributed by atoms with Crippen LogP contribution in [0.1, 0.15) is 71.2 Å². The molecule has 0 heterocycles. The molecule has 74 valence electrons. The molecular formula is C10H34. The van der Waals surface area contributed by atoms with Gasteiger partial charge in [-0.05, 0) is 0 Å². The molecule has 0 atom stereocenters. The van der Waals surface area contributed by atoms with E-state index in [0.29, 0.717) is 0 Å². The molecule has 0 aromatic rings. The molecule has 0 saturated heterocycles. The van der Waals surface area contributed by atoms with E-state index in [-0.39, 0.29) is 37.1 Å². The van der Waals surface area contributed by atoms with Crippen LogP contribution in [0.25, 0.3) is 0 Å². The average molecular weight is 154 g/mol. The highest BCUT2D eigenvalue weighted by Crippen LogP contribution is 1.56. The van der Waals surface area contributed by atoms with Gasteiger partial charge in [-0.3, -0.25) is 0 Å². The summed E-state index contributed by atoms with van der Waals surface area (Å²) in [6.07, 6.45) is 1.25. The van der Waals surface area contributed by atoms with E-state index in [9.17, 15) is 0 Å². The van der Waals surface area contributed by atoms with Crippen LogP contribution in [0, 0.1) is 0 Å². The Bertz CT molecular complexity index is 0. The van der Waals surface area contributed by atoms with Crippen molar-refractivity contribution in [1.29, 1.82) is 0 Å². The van der Waals surface area contributed by atoms with Gasteiger partial charge in [-0.25, -0.2) is 0 Å². The van der Waals surface area contributed by atoms with Crippen molar-refractivity contribution in [3.05, 3.63) is 0 Å². The van der Waals surface area contributed by atoms with Crippen molar-refractivity contribution in [3.63, 3.8) is 0 Å².